The standard InChI is InChI=1S/C19H21N3O3/c1-13-2-4-14(5-3-13)11-21-18(24)17-10-16(23)12-22(17)19(25)15-6-8-20-9-7-15/h2-9,16-17,23H,10-12H2,1H3,(H,21,24)/t16-,17+/m1/s1. The summed E-state index contributed by atoms with van der Waals surface area (Å²) < 4.78 is 0. The zero-order valence-corrected chi connectivity index (χ0v) is 14.1. The second-order valence-corrected chi connectivity index (χ2v) is 6.30. The average Bonchev–Trinajstić information content (AvgIpc) is 3.03. The number of aliphatic hydroxyl groups excluding tert-OH is 1. The Kier molecular flexibility index (Phi) is 5.09. The van der Waals surface area contributed by atoms with Crippen molar-refractivity contribution in [1.82, 2.24) is 15.2 Å². The zero-order chi connectivity index (χ0) is 17.8. The molecule has 2 N–H and O–H groups in total. The molecule has 0 saturated carbocycles. The molecule has 1 fully saturated rings. The molecule has 0 aliphatic carbocycles. The number of aromatic nitrogens is 1. The molecule has 2 atom stereocenters. The maximum Gasteiger partial charge on any atom is 0.254 e. The van der Waals surface area contributed by atoms with Gasteiger partial charge >= 0.3 is 0 Å². The molecule has 130 valence electrons. The lowest BCUT2D eigenvalue weighted by atomic mass is 10.1. The summed E-state index contributed by atoms with van der Waals surface area (Å²) in [5.41, 5.74) is 2.60. The predicted molar refractivity (Wildman–Crippen MR) is 92.7 cm³/mol. The summed E-state index contributed by atoms with van der Waals surface area (Å²) in [5, 5.41) is 12.8. The van der Waals surface area contributed by atoms with Gasteiger partial charge in [0, 0.05) is 37.5 Å². The molecule has 6 nitrogen and oxygen atoms in total. The fourth-order valence-corrected chi connectivity index (χ4v) is 2.96. The normalized spacial score (nSPS) is 19.7. The van der Waals surface area contributed by atoms with Crippen molar-refractivity contribution in [2.75, 3.05) is 6.54 Å². The fraction of sp³-hybridized carbons (Fsp3) is 0.316. The van der Waals surface area contributed by atoms with Gasteiger partial charge in [0.25, 0.3) is 5.91 Å². The summed E-state index contributed by atoms with van der Waals surface area (Å²) in [6, 6.07) is 10.4. The summed E-state index contributed by atoms with van der Waals surface area (Å²) >= 11 is 0. The molecule has 0 unspecified atom stereocenters. The quantitative estimate of drug-likeness (QED) is 0.879. The molecule has 1 aromatic heterocycles. The minimum absolute atomic E-state index is 0.157. The van der Waals surface area contributed by atoms with Crippen LogP contribution in [0, 0.1) is 6.92 Å². The lowest BCUT2D eigenvalue weighted by Gasteiger charge is -2.23. The van der Waals surface area contributed by atoms with Gasteiger partial charge in [0.1, 0.15) is 6.04 Å². The van der Waals surface area contributed by atoms with Crippen molar-refractivity contribution in [3.63, 3.8) is 0 Å². The molecular weight excluding hydrogens is 318 g/mol. The molecule has 1 aliphatic heterocycles. The van der Waals surface area contributed by atoms with Crippen molar-refractivity contribution >= 4 is 11.8 Å². The van der Waals surface area contributed by atoms with Crippen LogP contribution in [0.2, 0.25) is 0 Å². The monoisotopic (exact) mass is 339 g/mol. The second kappa shape index (κ2) is 7.44. The summed E-state index contributed by atoms with van der Waals surface area (Å²) in [6.45, 7) is 2.55. The van der Waals surface area contributed by atoms with Crippen LogP contribution in [-0.4, -0.2) is 45.5 Å². The Hall–Kier alpha value is -2.73. The number of likely N-dealkylation sites (tertiary alicyclic amines) is 1. The Morgan fingerprint density at radius 3 is 2.56 bits per heavy atom. The van der Waals surface area contributed by atoms with Crippen LogP contribution in [0.25, 0.3) is 0 Å². The number of pyridine rings is 1. The van der Waals surface area contributed by atoms with Crippen LogP contribution in [0.3, 0.4) is 0 Å². The third-order valence-electron chi connectivity index (χ3n) is 4.36. The molecule has 2 amide bonds. The summed E-state index contributed by atoms with van der Waals surface area (Å²) in [4.78, 5) is 30.5. The number of benzene rings is 1. The highest BCUT2D eigenvalue weighted by Crippen LogP contribution is 2.21. The molecule has 0 bridgehead atoms. The molecule has 2 heterocycles. The van der Waals surface area contributed by atoms with Crippen LogP contribution >= 0.6 is 0 Å². The Bertz CT molecular complexity index is 746. The lowest BCUT2D eigenvalue weighted by Crippen LogP contribution is -2.45. The first-order valence-electron chi connectivity index (χ1n) is 8.27. The van der Waals surface area contributed by atoms with E-state index in [4.69, 9.17) is 0 Å². The highest BCUT2D eigenvalue weighted by molar-refractivity contribution is 5.97. The van der Waals surface area contributed by atoms with E-state index in [9.17, 15) is 14.7 Å². The number of rotatable bonds is 4. The van der Waals surface area contributed by atoms with Gasteiger partial charge in [-0.15, -0.1) is 0 Å². The maximum atomic E-state index is 12.6. The first-order valence-corrected chi connectivity index (χ1v) is 8.27. The summed E-state index contributed by atoms with van der Waals surface area (Å²) in [7, 11) is 0. The number of hydrogen-bond donors (Lipinski definition) is 2. The topological polar surface area (TPSA) is 82.5 Å². The van der Waals surface area contributed by atoms with E-state index < -0.39 is 12.1 Å². The average molecular weight is 339 g/mol. The highest BCUT2D eigenvalue weighted by Gasteiger charge is 2.39. The van der Waals surface area contributed by atoms with Crippen LogP contribution < -0.4 is 5.32 Å². The van der Waals surface area contributed by atoms with E-state index in [2.05, 4.69) is 10.3 Å². The van der Waals surface area contributed by atoms with E-state index in [1.165, 1.54) is 17.3 Å². The Labute approximate surface area is 146 Å². The number of carbonyl (C=O) groups is 2. The summed E-state index contributed by atoms with van der Waals surface area (Å²) in [5.74, 6) is -0.519. The van der Waals surface area contributed by atoms with Gasteiger partial charge in [-0.25, -0.2) is 0 Å². The third-order valence-corrected chi connectivity index (χ3v) is 4.36. The van der Waals surface area contributed by atoms with Crippen LogP contribution in [0.4, 0.5) is 0 Å². The molecular formula is C19H21N3O3. The second-order valence-electron chi connectivity index (χ2n) is 6.30. The highest BCUT2D eigenvalue weighted by atomic mass is 16.3. The molecule has 0 radical (unpaired) electrons. The Morgan fingerprint density at radius 2 is 1.88 bits per heavy atom. The van der Waals surface area contributed by atoms with Crippen LogP contribution in [0.15, 0.2) is 48.8 Å². The molecule has 25 heavy (non-hydrogen) atoms. The lowest BCUT2D eigenvalue weighted by molar-refractivity contribution is -0.125. The molecule has 1 saturated heterocycles. The Balaban J connectivity index is 1.67. The van der Waals surface area contributed by atoms with Crippen LogP contribution in [-0.2, 0) is 11.3 Å². The third kappa shape index (κ3) is 4.03. The van der Waals surface area contributed by atoms with Crippen molar-refractivity contribution in [2.24, 2.45) is 0 Å². The van der Waals surface area contributed by atoms with Crippen molar-refractivity contribution in [3.8, 4) is 0 Å². The van der Waals surface area contributed by atoms with Gasteiger partial charge in [0.15, 0.2) is 0 Å². The van der Waals surface area contributed by atoms with Crippen LogP contribution in [0.1, 0.15) is 27.9 Å². The van der Waals surface area contributed by atoms with E-state index in [1.54, 1.807) is 12.1 Å². The minimum Gasteiger partial charge on any atom is -0.391 e. The van der Waals surface area contributed by atoms with Gasteiger partial charge in [0.2, 0.25) is 5.91 Å². The van der Waals surface area contributed by atoms with E-state index in [0.29, 0.717) is 12.1 Å². The van der Waals surface area contributed by atoms with Crippen LogP contribution in [0.5, 0.6) is 0 Å². The first-order chi connectivity index (χ1) is 12.0. The number of hydrogen-bond acceptors (Lipinski definition) is 4. The van der Waals surface area contributed by atoms with E-state index in [-0.39, 0.29) is 24.8 Å². The fourth-order valence-electron chi connectivity index (χ4n) is 2.96. The van der Waals surface area contributed by atoms with Gasteiger partial charge in [-0.3, -0.25) is 14.6 Å². The molecule has 2 aromatic rings. The number of nitrogens with zero attached hydrogens (tertiary/aromatic N) is 2. The number of carbonyl (C=O) groups excluding carboxylic acids is 2. The van der Waals surface area contributed by atoms with E-state index in [1.807, 2.05) is 31.2 Å². The largest absolute Gasteiger partial charge is 0.391 e. The molecule has 1 aromatic carbocycles. The van der Waals surface area contributed by atoms with Crippen molar-refractivity contribution in [2.45, 2.75) is 32.0 Å². The number of β-amino-alcohol motifs (C(OH)–C–C–N with tert-alkyl or cyclic N) is 1. The Morgan fingerprint density at radius 1 is 1.20 bits per heavy atom. The number of aliphatic hydroxyl groups is 1. The van der Waals surface area contributed by atoms with Crippen molar-refractivity contribution in [3.05, 3.63) is 65.5 Å². The van der Waals surface area contributed by atoms with Gasteiger partial charge in [0.05, 0.1) is 6.10 Å². The zero-order valence-electron chi connectivity index (χ0n) is 14.1. The minimum atomic E-state index is -0.694. The van der Waals surface area contributed by atoms with Gasteiger partial charge in [-0.1, -0.05) is 29.8 Å². The first kappa shape index (κ1) is 17.1. The molecule has 1 aliphatic rings. The van der Waals surface area contributed by atoms with Crippen molar-refractivity contribution in [1.29, 1.82) is 0 Å². The number of nitrogens with one attached hydrogen (secondary N) is 1. The maximum absolute atomic E-state index is 12.6. The molecule has 6 heteroatoms. The SMILES string of the molecule is Cc1ccc(CNC(=O)[C@@H]2C[C@@H](O)CN2C(=O)c2ccncc2)cc1. The molecule has 0 spiro atoms. The number of aryl methyl sites for hydroxylation is 1. The van der Waals surface area contributed by atoms with Crippen molar-refractivity contribution < 1.29 is 14.7 Å². The van der Waals surface area contributed by atoms with Gasteiger partial charge in [-0.05, 0) is 24.6 Å². The van der Waals surface area contributed by atoms with E-state index in [0.717, 1.165) is 11.1 Å². The molecule has 3 rings (SSSR count). The summed E-state index contributed by atoms with van der Waals surface area (Å²) in [6.07, 6.45) is 2.62. The van der Waals surface area contributed by atoms with Gasteiger partial charge < -0.3 is 15.3 Å². The number of amides is 2. The van der Waals surface area contributed by atoms with Gasteiger partial charge in [-0.2, -0.15) is 0 Å². The smallest absolute Gasteiger partial charge is 0.254 e. The predicted octanol–water partition coefficient (Wildman–Crippen LogP) is 1.28. The van der Waals surface area contributed by atoms with E-state index >= 15 is 0 Å².